The number of nitrogens with one attached hydrogen (secondary N) is 1. The molecule has 2 aromatic carbocycles. The van der Waals surface area contributed by atoms with Gasteiger partial charge < -0.3 is 29.0 Å². The molecule has 0 aliphatic rings. The number of esters is 2. The van der Waals surface area contributed by atoms with Gasteiger partial charge in [-0.05, 0) is 55.0 Å². The highest BCUT2D eigenvalue weighted by Gasteiger charge is 2.11. The fourth-order valence-electron chi connectivity index (χ4n) is 2.76. The third-order valence-corrected chi connectivity index (χ3v) is 5.11. The van der Waals surface area contributed by atoms with E-state index in [1.807, 2.05) is 13.8 Å². The molecule has 0 saturated heterocycles. The molecule has 2 aromatic rings. The van der Waals surface area contributed by atoms with Crippen molar-refractivity contribution in [2.45, 2.75) is 33.6 Å². The average Bonchev–Trinajstić information content (AvgIpc) is 2.90. The van der Waals surface area contributed by atoms with E-state index >= 15 is 0 Å². The van der Waals surface area contributed by atoms with Crippen molar-refractivity contribution in [2.24, 2.45) is 5.92 Å². The molecule has 1 N–H and O–H groups in total. The summed E-state index contributed by atoms with van der Waals surface area (Å²) >= 11 is 0. The van der Waals surface area contributed by atoms with Crippen LogP contribution in [0, 0.1) is 5.92 Å². The van der Waals surface area contributed by atoms with E-state index in [1.54, 1.807) is 55.5 Å². The summed E-state index contributed by atoms with van der Waals surface area (Å²) in [6, 6.07) is 13.2. The maximum absolute atomic E-state index is 12.3. The number of ether oxygens (including phenoxy) is 5. The number of hydrogen-bond donors (Lipinski definition) is 1. The lowest BCUT2D eigenvalue weighted by atomic mass is 10.1. The summed E-state index contributed by atoms with van der Waals surface area (Å²) in [7, 11) is 0. The molecule has 0 fully saturated rings. The summed E-state index contributed by atoms with van der Waals surface area (Å²) in [5.41, 5.74) is 1.02. The van der Waals surface area contributed by atoms with Gasteiger partial charge in [0, 0.05) is 12.1 Å². The van der Waals surface area contributed by atoms with Gasteiger partial charge in [0.1, 0.15) is 24.7 Å². The Kier molecular flexibility index (Phi) is 13.0. The van der Waals surface area contributed by atoms with Crippen molar-refractivity contribution in [3.63, 3.8) is 0 Å². The van der Waals surface area contributed by atoms with Crippen molar-refractivity contribution >= 4 is 23.5 Å². The summed E-state index contributed by atoms with van der Waals surface area (Å²) in [6.07, 6.45) is 1.14. The minimum Gasteiger partial charge on any atom is -0.491 e. The first-order chi connectivity index (χ1) is 17.4. The highest BCUT2D eigenvalue weighted by Crippen LogP contribution is 2.18. The number of anilines is 1. The van der Waals surface area contributed by atoms with Crippen molar-refractivity contribution in [2.75, 3.05) is 45.0 Å². The molecule has 0 aliphatic carbocycles. The zero-order valence-corrected chi connectivity index (χ0v) is 21.1. The third-order valence-electron chi connectivity index (χ3n) is 5.11. The molecule has 1 amide bonds. The van der Waals surface area contributed by atoms with Crippen LogP contribution in [-0.2, 0) is 23.8 Å². The second kappa shape index (κ2) is 16.3. The van der Waals surface area contributed by atoms with Crippen LogP contribution < -0.4 is 14.8 Å². The fraction of sp³-hybridized carbons (Fsp3) is 0.444. The van der Waals surface area contributed by atoms with E-state index < -0.39 is 5.97 Å². The monoisotopic (exact) mass is 501 g/mol. The largest absolute Gasteiger partial charge is 0.491 e. The van der Waals surface area contributed by atoms with Crippen molar-refractivity contribution < 1.29 is 38.1 Å². The molecule has 9 nitrogen and oxygen atoms in total. The van der Waals surface area contributed by atoms with Crippen LogP contribution in [0.15, 0.2) is 48.5 Å². The Morgan fingerprint density at radius 1 is 0.778 bits per heavy atom. The Balaban J connectivity index is 1.58. The van der Waals surface area contributed by atoms with Gasteiger partial charge in [-0.3, -0.25) is 9.59 Å². The number of hydrogen-bond acceptors (Lipinski definition) is 8. The lowest BCUT2D eigenvalue weighted by Gasteiger charge is -2.10. The Hall–Kier alpha value is -3.43. The van der Waals surface area contributed by atoms with Crippen molar-refractivity contribution in [1.29, 1.82) is 0 Å². The van der Waals surface area contributed by atoms with Gasteiger partial charge in [-0.25, -0.2) is 4.79 Å². The standard InChI is InChI=1S/C27H35NO8/c1-4-20(3)26(30)35-19-17-33-15-14-32-16-18-34-23-10-6-21(7-11-23)27(31)36-24-12-8-22(9-13-24)28-25(29)5-2/h6-13,20H,4-5,14-19H2,1-3H3,(H,28,29). The van der Waals surface area contributed by atoms with Crippen LogP contribution in [-0.4, -0.2) is 57.5 Å². The van der Waals surface area contributed by atoms with E-state index in [0.717, 1.165) is 6.42 Å². The van der Waals surface area contributed by atoms with E-state index in [0.29, 0.717) is 62.2 Å². The minimum atomic E-state index is -0.495. The first-order valence-electron chi connectivity index (χ1n) is 12.1. The van der Waals surface area contributed by atoms with Gasteiger partial charge in [0.25, 0.3) is 0 Å². The molecule has 0 spiro atoms. The van der Waals surface area contributed by atoms with E-state index in [1.165, 1.54) is 0 Å². The van der Waals surface area contributed by atoms with Crippen LogP contribution >= 0.6 is 0 Å². The third kappa shape index (κ3) is 10.9. The molecule has 1 atom stereocenters. The average molecular weight is 502 g/mol. The van der Waals surface area contributed by atoms with Gasteiger partial charge in [-0.15, -0.1) is 0 Å². The van der Waals surface area contributed by atoms with Crippen molar-refractivity contribution in [3.8, 4) is 11.5 Å². The molecule has 0 aromatic heterocycles. The van der Waals surface area contributed by atoms with E-state index in [2.05, 4.69) is 5.32 Å². The Morgan fingerprint density at radius 2 is 1.36 bits per heavy atom. The SMILES string of the molecule is CCC(=O)Nc1ccc(OC(=O)c2ccc(OCCOCCOCCOC(=O)C(C)CC)cc2)cc1. The second-order valence-electron chi connectivity index (χ2n) is 7.89. The van der Waals surface area contributed by atoms with Crippen LogP contribution in [0.2, 0.25) is 0 Å². The predicted molar refractivity (Wildman–Crippen MR) is 134 cm³/mol. The first kappa shape index (κ1) is 28.8. The predicted octanol–water partition coefficient (Wildman–Crippen LogP) is 4.26. The van der Waals surface area contributed by atoms with Gasteiger partial charge in [-0.1, -0.05) is 20.8 Å². The van der Waals surface area contributed by atoms with E-state index in [-0.39, 0.29) is 24.4 Å². The van der Waals surface area contributed by atoms with Crippen LogP contribution in [0.25, 0.3) is 0 Å². The summed E-state index contributed by atoms with van der Waals surface area (Å²) in [4.78, 5) is 35.3. The molecule has 9 heteroatoms. The smallest absolute Gasteiger partial charge is 0.343 e. The van der Waals surface area contributed by atoms with E-state index in [4.69, 9.17) is 23.7 Å². The molecule has 0 radical (unpaired) electrons. The fourth-order valence-corrected chi connectivity index (χ4v) is 2.76. The molecule has 0 bridgehead atoms. The lowest BCUT2D eigenvalue weighted by Crippen LogP contribution is -2.18. The zero-order valence-electron chi connectivity index (χ0n) is 21.1. The molecule has 0 heterocycles. The van der Waals surface area contributed by atoms with Gasteiger partial charge >= 0.3 is 11.9 Å². The topological polar surface area (TPSA) is 109 Å². The first-order valence-corrected chi connectivity index (χ1v) is 12.1. The summed E-state index contributed by atoms with van der Waals surface area (Å²) in [5, 5.41) is 2.73. The normalized spacial score (nSPS) is 11.4. The quantitative estimate of drug-likeness (QED) is 0.207. The summed E-state index contributed by atoms with van der Waals surface area (Å²) < 4.78 is 26.9. The van der Waals surface area contributed by atoms with Gasteiger partial charge in [-0.2, -0.15) is 0 Å². The summed E-state index contributed by atoms with van der Waals surface area (Å²) in [6.45, 7) is 7.64. The summed E-state index contributed by atoms with van der Waals surface area (Å²) in [5.74, 6) is 0.100. The minimum absolute atomic E-state index is 0.0870. The Labute approximate surface area is 212 Å². The maximum atomic E-state index is 12.3. The Bertz CT molecular complexity index is 943. The Morgan fingerprint density at radius 3 is 1.97 bits per heavy atom. The molecular weight excluding hydrogens is 466 g/mol. The van der Waals surface area contributed by atoms with Crippen molar-refractivity contribution in [3.05, 3.63) is 54.1 Å². The molecule has 0 aliphatic heterocycles. The number of carbonyl (C=O) groups is 3. The van der Waals surface area contributed by atoms with Crippen molar-refractivity contribution in [1.82, 2.24) is 0 Å². The van der Waals surface area contributed by atoms with Crippen LogP contribution in [0.4, 0.5) is 5.69 Å². The van der Waals surface area contributed by atoms with E-state index in [9.17, 15) is 14.4 Å². The zero-order chi connectivity index (χ0) is 26.2. The molecule has 0 saturated carbocycles. The lowest BCUT2D eigenvalue weighted by molar-refractivity contribution is -0.149. The van der Waals surface area contributed by atoms with Crippen LogP contribution in [0.5, 0.6) is 11.5 Å². The van der Waals surface area contributed by atoms with Crippen LogP contribution in [0.1, 0.15) is 44.0 Å². The highest BCUT2D eigenvalue weighted by atomic mass is 16.6. The van der Waals surface area contributed by atoms with Gasteiger partial charge in [0.05, 0.1) is 37.9 Å². The van der Waals surface area contributed by atoms with Gasteiger partial charge in [0.15, 0.2) is 0 Å². The molecule has 196 valence electrons. The number of carbonyl (C=O) groups excluding carboxylic acids is 3. The maximum Gasteiger partial charge on any atom is 0.343 e. The molecule has 1 unspecified atom stereocenters. The highest BCUT2D eigenvalue weighted by molar-refractivity contribution is 5.92. The molecule has 36 heavy (non-hydrogen) atoms. The second-order valence-corrected chi connectivity index (χ2v) is 7.89. The van der Waals surface area contributed by atoms with Gasteiger partial charge in [0.2, 0.25) is 5.91 Å². The number of benzene rings is 2. The number of rotatable bonds is 16. The number of amides is 1. The van der Waals surface area contributed by atoms with Crippen LogP contribution in [0.3, 0.4) is 0 Å². The molecule has 2 rings (SSSR count). The molecular formula is C27H35NO8.